The number of alkyl halides is 1. The summed E-state index contributed by atoms with van der Waals surface area (Å²) in [5.41, 5.74) is 3.62. The predicted octanol–water partition coefficient (Wildman–Crippen LogP) is 9.91. The van der Waals surface area contributed by atoms with Gasteiger partial charge in [-0.2, -0.15) is 0 Å². The number of carbonyl (C=O) groups excluding carboxylic acids is 1. The molecule has 36 heavy (non-hydrogen) atoms. The van der Waals surface area contributed by atoms with Gasteiger partial charge >= 0.3 is 5.97 Å². The SMILES string of the molecule is CCCCCCC[C@H]1CC[C@H](C(C)c2ccc(-c3ccc(OC(=O)C(F)C(C)CC)cc3)cc2)CC1. The lowest BCUT2D eigenvalue weighted by molar-refractivity contribution is -0.141. The number of esters is 1. The number of carbonyl (C=O) groups is 1. The third-order valence-electron chi connectivity index (χ3n) is 8.53. The summed E-state index contributed by atoms with van der Waals surface area (Å²) < 4.78 is 19.3. The molecule has 0 aromatic heterocycles. The predicted molar refractivity (Wildman–Crippen MR) is 149 cm³/mol. The quantitative estimate of drug-likeness (QED) is 0.157. The zero-order chi connectivity index (χ0) is 25.9. The summed E-state index contributed by atoms with van der Waals surface area (Å²) in [6.45, 7) is 8.27. The van der Waals surface area contributed by atoms with E-state index in [9.17, 15) is 9.18 Å². The van der Waals surface area contributed by atoms with Crippen LogP contribution in [0.4, 0.5) is 4.39 Å². The van der Waals surface area contributed by atoms with Crippen LogP contribution in [0.2, 0.25) is 0 Å². The van der Waals surface area contributed by atoms with E-state index in [1.165, 1.54) is 69.8 Å². The molecule has 3 atom stereocenters. The maximum atomic E-state index is 14.1. The molecule has 0 heterocycles. The third kappa shape index (κ3) is 8.18. The van der Waals surface area contributed by atoms with Gasteiger partial charge in [-0.05, 0) is 65.3 Å². The topological polar surface area (TPSA) is 26.3 Å². The van der Waals surface area contributed by atoms with Crippen LogP contribution in [-0.4, -0.2) is 12.1 Å². The molecule has 0 radical (unpaired) electrons. The molecule has 0 bridgehead atoms. The van der Waals surface area contributed by atoms with Gasteiger partial charge in [-0.3, -0.25) is 0 Å². The van der Waals surface area contributed by atoms with Crippen molar-refractivity contribution in [2.75, 3.05) is 0 Å². The van der Waals surface area contributed by atoms with Gasteiger partial charge in [-0.1, -0.05) is 122 Å². The molecule has 3 heteroatoms. The number of ether oxygens (including phenoxy) is 1. The first-order valence-electron chi connectivity index (χ1n) is 14.5. The van der Waals surface area contributed by atoms with E-state index in [2.05, 4.69) is 38.1 Å². The van der Waals surface area contributed by atoms with Gasteiger partial charge in [0, 0.05) is 0 Å². The monoisotopic (exact) mass is 494 g/mol. The van der Waals surface area contributed by atoms with Crippen LogP contribution < -0.4 is 4.74 Å². The van der Waals surface area contributed by atoms with Gasteiger partial charge in [-0.15, -0.1) is 0 Å². The van der Waals surface area contributed by atoms with Crippen LogP contribution in [0.25, 0.3) is 11.1 Å². The molecule has 2 nitrogen and oxygen atoms in total. The number of hydrogen-bond acceptors (Lipinski definition) is 2. The van der Waals surface area contributed by atoms with Crippen molar-refractivity contribution in [3.8, 4) is 16.9 Å². The smallest absolute Gasteiger partial charge is 0.346 e. The van der Waals surface area contributed by atoms with Crippen LogP contribution in [0.5, 0.6) is 5.75 Å². The molecular formula is C33H47FO2. The number of hydrogen-bond donors (Lipinski definition) is 0. The molecule has 0 spiro atoms. The van der Waals surface area contributed by atoms with Crippen molar-refractivity contribution in [2.24, 2.45) is 17.8 Å². The largest absolute Gasteiger partial charge is 0.424 e. The lowest BCUT2D eigenvalue weighted by Gasteiger charge is -2.32. The second-order valence-electron chi connectivity index (χ2n) is 11.1. The Morgan fingerprint density at radius 1 is 0.861 bits per heavy atom. The first-order chi connectivity index (χ1) is 17.4. The van der Waals surface area contributed by atoms with Crippen molar-refractivity contribution in [3.05, 3.63) is 54.1 Å². The van der Waals surface area contributed by atoms with E-state index in [-0.39, 0.29) is 5.92 Å². The zero-order valence-corrected chi connectivity index (χ0v) is 23.0. The van der Waals surface area contributed by atoms with Gasteiger partial charge in [0.05, 0.1) is 0 Å². The highest BCUT2D eigenvalue weighted by Gasteiger charge is 2.26. The van der Waals surface area contributed by atoms with Crippen molar-refractivity contribution in [2.45, 2.75) is 110 Å². The van der Waals surface area contributed by atoms with Crippen molar-refractivity contribution in [3.63, 3.8) is 0 Å². The normalized spacial score (nSPS) is 20.5. The van der Waals surface area contributed by atoms with Gasteiger partial charge < -0.3 is 4.74 Å². The first-order valence-corrected chi connectivity index (χ1v) is 14.5. The Morgan fingerprint density at radius 2 is 1.44 bits per heavy atom. The van der Waals surface area contributed by atoms with Crippen LogP contribution in [0.3, 0.4) is 0 Å². The lowest BCUT2D eigenvalue weighted by atomic mass is 9.73. The molecule has 1 aliphatic rings. The molecule has 1 fully saturated rings. The molecule has 2 aromatic carbocycles. The highest BCUT2D eigenvalue weighted by Crippen LogP contribution is 2.40. The van der Waals surface area contributed by atoms with Gasteiger partial charge in [0.15, 0.2) is 6.17 Å². The number of rotatable bonds is 13. The van der Waals surface area contributed by atoms with E-state index >= 15 is 0 Å². The minimum absolute atomic E-state index is 0.340. The Bertz CT molecular complexity index is 896. The van der Waals surface area contributed by atoms with E-state index < -0.39 is 12.1 Å². The molecule has 0 aliphatic heterocycles. The highest BCUT2D eigenvalue weighted by molar-refractivity contribution is 5.77. The van der Waals surface area contributed by atoms with Crippen molar-refractivity contribution in [1.82, 2.24) is 0 Å². The van der Waals surface area contributed by atoms with Gasteiger partial charge in [-0.25, -0.2) is 9.18 Å². The second kappa shape index (κ2) is 14.5. The third-order valence-corrected chi connectivity index (χ3v) is 8.53. The molecule has 3 unspecified atom stereocenters. The molecule has 3 rings (SSSR count). The van der Waals surface area contributed by atoms with Gasteiger partial charge in [0.2, 0.25) is 0 Å². The minimum atomic E-state index is -1.59. The Hall–Kier alpha value is -2.16. The van der Waals surface area contributed by atoms with Gasteiger partial charge in [0.1, 0.15) is 5.75 Å². The molecule has 0 N–H and O–H groups in total. The standard InChI is InChI=1S/C33H47FO2/c1-5-7-8-9-10-11-26-12-14-27(15-13-26)25(4)28-16-18-29(19-17-28)30-20-22-31(23-21-30)36-33(35)32(34)24(3)6-2/h16-27,32H,5-15H2,1-4H3/t24?,25?,26-,27-,32?. The molecule has 0 amide bonds. The molecule has 1 aliphatic carbocycles. The fraction of sp³-hybridized carbons (Fsp3) is 0.606. The van der Waals surface area contributed by atoms with Crippen LogP contribution >= 0.6 is 0 Å². The van der Waals surface area contributed by atoms with E-state index in [0.29, 0.717) is 18.1 Å². The van der Waals surface area contributed by atoms with E-state index in [4.69, 9.17) is 4.74 Å². The maximum absolute atomic E-state index is 14.1. The summed E-state index contributed by atoms with van der Waals surface area (Å²) in [5, 5.41) is 0. The maximum Gasteiger partial charge on any atom is 0.346 e. The van der Waals surface area contributed by atoms with E-state index in [1.54, 1.807) is 19.1 Å². The Labute approximate surface area is 219 Å². The Balaban J connectivity index is 1.48. The first kappa shape index (κ1) is 28.4. The van der Waals surface area contributed by atoms with Crippen molar-refractivity contribution in [1.29, 1.82) is 0 Å². The summed E-state index contributed by atoms with van der Waals surface area (Å²) in [6, 6.07) is 16.3. The zero-order valence-electron chi connectivity index (χ0n) is 23.0. The Morgan fingerprint density at radius 3 is 2.03 bits per heavy atom. The highest BCUT2D eigenvalue weighted by atomic mass is 19.1. The van der Waals surface area contributed by atoms with E-state index in [1.807, 2.05) is 19.1 Å². The Kier molecular flexibility index (Phi) is 11.5. The molecule has 198 valence electrons. The fourth-order valence-electron chi connectivity index (χ4n) is 5.59. The number of unbranched alkanes of at least 4 members (excludes halogenated alkanes) is 4. The summed E-state index contributed by atoms with van der Waals surface area (Å²) >= 11 is 0. The van der Waals surface area contributed by atoms with Gasteiger partial charge in [0.25, 0.3) is 0 Å². The molecule has 2 aromatic rings. The van der Waals surface area contributed by atoms with E-state index in [0.717, 1.165) is 23.0 Å². The summed E-state index contributed by atoms with van der Waals surface area (Å²) in [7, 11) is 0. The summed E-state index contributed by atoms with van der Waals surface area (Å²) in [6.07, 6.45) is 12.9. The van der Waals surface area contributed by atoms with Crippen molar-refractivity contribution < 1.29 is 13.9 Å². The summed E-state index contributed by atoms with van der Waals surface area (Å²) in [5.74, 6) is 1.56. The van der Waals surface area contributed by atoms with Crippen LogP contribution in [-0.2, 0) is 4.79 Å². The summed E-state index contributed by atoms with van der Waals surface area (Å²) in [4.78, 5) is 12.0. The molecule has 0 saturated heterocycles. The molecular weight excluding hydrogens is 447 g/mol. The van der Waals surface area contributed by atoms with Crippen molar-refractivity contribution >= 4 is 5.97 Å². The number of halogens is 1. The average Bonchev–Trinajstić information content (AvgIpc) is 2.92. The van der Waals surface area contributed by atoms with Crippen LogP contribution in [0, 0.1) is 17.8 Å². The number of benzene rings is 2. The fourth-order valence-corrected chi connectivity index (χ4v) is 5.59. The van der Waals surface area contributed by atoms with Crippen LogP contribution in [0.1, 0.15) is 110 Å². The second-order valence-corrected chi connectivity index (χ2v) is 11.1. The minimum Gasteiger partial charge on any atom is -0.424 e. The lowest BCUT2D eigenvalue weighted by Crippen LogP contribution is -2.27. The van der Waals surface area contributed by atoms with Crippen LogP contribution in [0.15, 0.2) is 48.5 Å². The molecule has 1 saturated carbocycles. The average molecular weight is 495 g/mol.